The fourth-order valence-corrected chi connectivity index (χ4v) is 1.76. The summed E-state index contributed by atoms with van der Waals surface area (Å²) in [5.41, 5.74) is 2.20. The van der Waals surface area contributed by atoms with Crippen LogP contribution in [0, 0.1) is 0 Å². The van der Waals surface area contributed by atoms with Gasteiger partial charge in [0, 0.05) is 11.8 Å². The van der Waals surface area contributed by atoms with Crippen molar-refractivity contribution >= 4 is 11.7 Å². The molecule has 1 heterocycles. The molecular weight excluding hydrogens is 244 g/mol. The smallest absolute Gasteiger partial charge is 0.358 e. The van der Waals surface area contributed by atoms with E-state index in [9.17, 15) is 4.79 Å². The Balaban J connectivity index is 1.92. The number of benzene rings is 1. The second kappa shape index (κ2) is 6.04. The van der Waals surface area contributed by atoms with Crippen LogP contribution >= 0.6 is 0 Å². The monoisotopic (exact) mass is 260 g/mol. The fraction of sp³-hybridized carbons (Fsp3) is 0.286. The molecule has 0 atom stereocenters. The van der Waals surface area contributed by atoms with Crippen molar-refractivity contribution in [2.24, 2.45) is 0 Å². The highest BCUT2D eigenvalue weighted by molar-refractivity contribution is 5.85. The number of nitrogens with one attached hydrogen (secondary N) is 1. The zero-order chi connectivity index (χ0) is 13.7. The van der Waals surface area contributed by atoms with Gasteiger partial charge < -0.3 is 14.9 Å². The summed E-state index contributed by atoms with van der Waals surface area (Å²) in [7, 11) is 0. The van der Waals surface area contributed by atoms with Gasteiger partial charge in [0.2, 0.25) is 0 Å². The average molecular weight is 260 g/mol. The Hall–Kier alpha value is -2.30. The molecule has 0 aliphatic heterocycles. The Morgan fingerprint density at radius 3 is 2.68 bits per heavy atom. The minimum atomic E-state index is -1.08. The third-order valence-electron chi connectivity index (χ3n) is 2.74. The second-order valence-electron chi connectivity index (χ2n) is 4.28. The number of hydrogen-bond donors (Lipinski definition) is 2. The molecule has 2 aromatic rings. The van der Waals surface area contributed by atoms with Crippen molar-refractivity contribution in [3.05, 3.63) is 47.3 Å². The van der Waals surface area contributed by atoms with Crippen molar-refractivity contribution in [2.75, 3.05) is 5.32 Å². The van der Waals surface area contributed by atoms with Crippen LogP contribution in [0.3, 0.4) is 0 Å². The fourth-order valence-electron chi connectivity index (χ4n) is 1.76. The van der Waals surface area contributed by atoms with E-state index >= 15 is 0 Å². The number of hydrogen-bond acceptors (Lipinski definition) is 4. The SMILES string of the molecule is CCCc1ccc(NCc2cc(C(=O)O)no2)cc1. The van der Waals surface area contributed by atoms with Crippen molar-refractivity contribution < 1.29 is 14.4 Å². The Bertz CT molecular complexity index is 546. The van der Waals surface area contributed by atoms with E-state index in [1.165, 1.54) is 11.6 Å². The molecule has 0 amide bonds. The summed E-state index contributed by atoms with van der Waals surface area (Å²) in [6.45, 7) is 2.56. The standard InChI is InChI=1S/C14H16N2O3/c1-2-3-10-4-6-11(7-5-10)15-9-12-8-13(14(17)18)16-19-12/h4-8,15H,2-3,9H2,1H3,(H,17,18). The summed E-state index contributed by atoms with van der Waals surface area (Å²) < 4.78 is 4.92. The molecule has 0 unspecified atom stereocenters. The van der Waals surface area contributed by atoms with Gasteiger partial charge in [-0.25, -0.2) is 4.79 Å². The van der Waals surface area contributed by atoms with E-state index in [1.807, 2.05) is 12.1 Å². The molecule has 0 saturated heterocycles. The summed E-state index contributed by atoms with van der Waals surface area (Å²) >= 11 is 0. The first-order chi connectivity index (χ1) is 9.19. The number of carboxylic acid groups (broad SMARTS) is 1. The van der Waals surface area contributed by atoms with Crippen LogP contribution in [0.4, 0.5) is 5.69 Å². The second-order valence-corrected chi connectivity index (χ2v) is 4.28. The van der Waals surface area contributed by atoms with Gasteiger partial charge in [-0.2, -0.15) is 0 Å². The Morgan fingerprint density at radius 2 is 2.11 bits per heavy atom. The number of carbonyl (C=O) groups is 1. The number of carboxylic acids is 1. The number of aryl methyl sites for hydroxylation is 1. The maximum Gasteiger partial charge on any atom is 0.358 e. The summed E-state index contributed by atoms with van der Waals surface area (Å²) in [5, 5.41) is 15.3. The molecule has 1 aromatic heterocycles. The molecule has 0 bridgehead atoms. The normalized spacial score (nSPS) is 10.4. The molecule has 19 heavy (non-hydrogen) atoms. The lowest BCUT2D eigenvalue weighted by Crippen LogP contribution is -1.98. The number of aromatic nitrogens is 1. The van der Waals surface area contributed by atoms with Gasteiger partial charge in [-0.15, -0.1) is 0 Å². The van der Waals surface area contributed by atoms with Gasteiger partial charge in [0.25, 0.3) is 0 Å². The largest absolute Gasteiger partial charge is 0.476 e. The Kier molecular flexibility index (Phi) is 4.18. The third kappa shape index (κ3) is 3.58. The van der Waals surface area contributed by atoms with Crippen LogP contribution in [-0.4, -0.2) is 16.2 Å². The van der Waals surface area contributed by atoms with E-state index in [0.717, 1.165) is 18.5 Å². The number of aromatic carboxylic acids is 1. The van der Waals surface area contributed by atoms with Gasteiger partial charge in [0.1, 0.15) is 0 Å². The third-order valence-corrected chi connectivity index (χ3v) is 2.74. The Morgan fingerprint density at radius 1 is 1.37 bits per heavy atom. The zero-order valence-electron chi connectivity index (χ0n) is 10.7. The molecular formula is C14H16N2O3. The van der Waals surface area contributed by atoms with Crippen molar-refractivity contribution in [1.29, 1.82) is 0 Å². The molecule has 0 radical (unpaired) electrons. The highest BCUT2D eigenvalue weighted by Gasteiger charge is 2.10. The van der Waals surface area contributed by atoms with E-state index in [4.69, 9.17) is 9.63 Å². The first-order valence-electron chi connectivity index (χ1n) is 6.20. The van der Waals surface area contributed by atoms with E-state index in [0.29, 0.717) is 12.3 Å². The zero-order valence-corrected chi connectivity index (χ0v) is 10.7. The van der Waals surface area contributed by atoms with E-state index in [2.05, 4.69) is 29.5 Å². The predicted octanol–water partition coefficient (Wildman–Crippen LogP) is 2.94. The number of anilines is 1. The van der Waals surface area contributed by atoms with Crippen LogP contribution in [0.15, 0.2) is 34.9 Å². The van der Waals surface area contributed by atoms with Gasteiger partial charge >= 0.3 is 5.97 Å². The minimum absolute atomic E-state index is 0.0740. The van der Waals surface area contributed by atoms with E-state index in [1.54, 1.807) is 0 Å². The quantitative estimate of drug-likeness (QED) is 0.835. The molecule has 0 fully saturated rings. The summed E-state index contributed by atoms with van der Waals surface area (Å²) in [5.74, 6) is -0.589. The predicted molar refractivity (Wildman–Crippen MR) is 71.2 cm³/mol. The van der Waals surface area contributed by atoms with Crippen molar-refractivity contribution in [3.8, 4) is 0 Å². The lowest BCUT2D eigenvalue weighted by molar-refractivity contribution is 0.0685. The summed E-state index contributed by atoms with van der Waals surface area (Å²) in [6.07, 6.45) is 2.20. The van der Waals surface area contributed by atoms with Crippen LogP contribution < -0.4 is 5.32 Å². The van der Waals surface area contributed by atoms with Crippen LogP contribution in [0.2, 0.25) is 0 Å². The van der Waals surface area contributed by atoms with E-state index < -0.39 is 5.97 Å². The molecule has 5 nitrogen and oxygen atoms in total. The Labute approximate surface area is 111 Å². The lowest BCUT2D eigenvalue weighted by Gasteiger charge is -2.05. The number of nitrogens with zero attached hydrogens (tertiary/aromatic N) is 1. The first kappa shape index (κ1) is 13.1. The van der Waals surface area contributed by atoms with Gasteiger partial charge in [-0.05, 0) is 24.1 Å². The highest BCUT2D eigenvalue weighted by atomic mass is 16.5. The molecule has 5 heteroatoms. The van der Waals surface area contributed by atoms with Gasteiger partial charge in [0.15, 0.2) is 11.5 Å². The summed E-state index contributed by atoms with van der Waals surface area (Å²) in [6, 6.07) is 9.57. The van der Waals surface area contributed by atoms with Gasteiger partial charge in [-0.3, -0.25) is 0 Å². The first-order valence-corrected chi connectivity index (χ1v) is 6.20. The van der Waals surface area contributed by atoms with Crippen LogP contribution in [-0.2, 0) is 13.0 Å². The lowest BCUT2D eigenvalue weighted by atomic mass is 10.1. The van der Waals surface area contributed by atoms with Crippen molar-refractivity contribution in [3.63, 3.8) is 0 Å². The molecule has 100 valence electrons. The van der Waals surface area contributed by atoms with Crippen LogP contribution in [0.25, 0.3) is 0 Å². The molecule has 0 spiro atoms. The topological polar surface area (TPSA) is 75.4 Å². The summed E-state index contributed by atoms with van der Waals surface area (Å²) in [4.78, 5) is 10.6. The van der Waals surface area contributed by atoms with Gasteiger partial charge in [-0.1, -0.05) is 30.6 Å². The van der Waals surface area contributed by atoms with Crippen LogP contribution in [0.1, 0.15) is 35.2 Å². The molecule has 2 rings (SSSR count). The minimum Gasteiger partial charge on any atom is -0.476 e. The average Bonchev–Trinajstić information content (AvgIpc) is 2.87. The molecule has 0 saturated carbocycles. The van der Waals surface area contributed by atoms with Crippen molar-refractivity contribution in [1.82, 2.24) is 5.16 Å². The molecule has 0 aliphatic rings. The van der Waals surface area contributed by atoms with Crippen molar-refractivity contribution in [2.45, 2.75) is 26.3 Å². The molecule has 2 N–H and O–H groups in total. The highest BCUT2D eigenvalue weighted by Crippen LogP contribution is 2.13. The maximum atomic E-state index is 10.6. The van der Waals surface area contributed by atoms with Crippen LogP contribution in [0.5, 0.6) is 0 Å². The van der Waals surface area contributed by atoms with E-state index in [-0.39, 0.29) is 5.69 Å². The maximum absolute atomic E-state index is 10.6. The molecule has 0 aliphatic carbocycles. The van der Waals surface area contributed by atoms with Gasteiger partial charge in [0.05, 0.1) is 6.54 Å². The number of rotatable bonds is 6. The molecule has 1 aromatic carbocycles.